The van der Waals surface area contributed by atoms with Crippen LogP contribution < -0.4 is 10.6 Å². The molecule has 20 heavy (non-hydrogen) atoms. The largest absolute Gasteiger partial charge is 0.346 e. The van der Waals surface area contributed by atoms with Gasteiger partial charge in [-0.2, -0.15) is 0 Å². The molecule has 0 atom stereocenters. The average Bonchev–Trinajstić information content (AvgIpc) is 2.50. The second kappa shape index (κ2) is 8.53. The summed E-state index contributed by atoms with van der Waals surface area (Å²) >= 11 is 0. The maximum atomic E-state index is 3.61. The molecule has 2 aliphatic carbocycles. The van der Waals surface area contributed by atoms with Gasteiger partial charge in [-0.25, -0.2) is 0 Å². The molecule has 2 saturated carbocycles. The van der Waals surface area contributed by atoms with E-state index in [9.17, 15) is 0 Å². The zero-order valence-corrected chi connectivity index (χ0v) is 13.6. The van der Waals surface area contributed by atoms with Gasteiger partial charge in [0.1, 0.15) is 0 Å². The predicted octanol–water partition coefficient (Wildman–Crippen LogP) is 3.24. The van der Waals surface area contributed by atoms with Crippen molar-refractivity contribution in [3.63, 3.8) is 0 Å². The third-order valence-electron chi connectivity index (χ3n) is 4.88. The van der Waals surface area contributed by atoms with Crippen molar-refractivity contribution in [2.24, 2.45) is 0 Å². The highest BCUT2D eigenvalue weighted by Gasteiger charge is 2.30. The molecule has 0 unspecified atom stereocenters. The topological polar surface area (TPSA) is 27.1 Å². The molecule has 0 aliphatic heterocycles. The SMILES string of the molecule is CCNC(NCC)=[N+](C1CCCCC1)C1CCCCC1. The van der Waals surface area contributed by atoms with Gasteiger partial charge in [-0.1, -0.05) is 38.5 Å². The van der Waals surface area contributed by atoms with Crippen LogP contribution in [0.15, 0.2) is 0 Å². The molecule has 0 spiro atoms. The van der Waals surface area contributed by atoms with E-state index in [4.69, 9.17) is 0 Å². The molecule has 0 bridgehead atoms. The Balaban J connectivity index is 2.21. The summed E-state index contributed by atoms with van der Waals surface area (Å²) in [6, 6.07) is 1.53. The number of hydrogen-bond acceptors (Lipinski definition) is 0. The fourth-order valence-electron chi connectivity index (χ4n) is 3.96. The molecule has 116 valence electrons. The van der Waals surface area contributed by atoms with Gasteiger partial charge < -0.3 is 0 Å². The van der Waals surface area contributed by atoms with Crippen LogP contribution in [0.4, 0.5) is 0 Å². The number of nitrogens with one attached hydrogen (secondary N) is 2. The van der Waals surface area contributed by atoms with Crippen molar-refractivity contribution in [2.45, 2.75) is 90.1 Å². The third-order valence-corrected chi connectivity index (χ3v) is 4.88. The lowest BCUT2D eigenvalue weighted by atomic mass is 9.90. The summed E-state index contributed by atoms with van der Waals surface area (Å²) in [7, 11) is 0. The summed E-state index contributed by atoms with van der Waals surface area (Å²) in [5.41, 5.74) is 0. The third kappa shape index (κ3) is 4.13. The van der Waals surface area contributed by atoms with E-state index in [0.29, 0.717) is 0 Å². The van der Waals surface area contributed by atoms with Crippen molar-refractivity contribution in [1.29, 1.82) is 0 Å². The average molecular weight is 280 g/mol. The van der Waals surface area contributed by atoms with E-state index in [1.54, 1.807) is 0 Å². The second-order valence-electron chi connectivity index (χ2n) is 6.40. The molecular formula is C17H34N3+. The minimum absolute atomic E-state index is 0.764. The Morgan fingerprint density at radius 2 is 1.15 bits per heavy atom. The smallest absolute Gasteiger partial charge is 0.278 e. The van der Waals surface area contributed by atoms with Crippen LogP contribution in [0.1, 0.15) is 78.1 Å². The van der Waals surface area contributed by atoms with Crippen LogP contribution in [-0.4, -0.2) is 35.7 Å². The predicted molar refractivity (Wildman–Crippen MR) is 86.4 cm³/mol. The Kier molecular flexibility index (Phi) is 6.68. The molecule has 0 aromatic carbocycles. The molecule has 0 aromatic heterocycles. The standard InChI is InChI=1S/C17H33N3/c1-3-18-17(19-4-2)20(15-11-7-5-8-12-15)16-13-9-6-10-14-16/h15-16H,3-14H2,1-2H3,(H,18,19)/p+1. The molecule has 3 nitrogen and oxygen atoms in total. The molecule has 3 heteroatoms. The Bertz CT molecular complexity index is 271. The molecule has 0 radical (unpaired) electrons. The van der Waals surface area contributed by atoms with Crippen LogP contribution in [0.3, 0.4) is 0 Å². The van der Waals surface area contributed by atoms with E-state index in [-0.39, 0.29) is 0 Å². The first-order valence-electron chi connectivity index (χ1n) is 8.99. The highest BCUT2D eigenvalue weighted by Crippen LogP contribution is 2.27. The monoisotopic (exact) mass is 280 g/mol. The van der Waals surface area contributed by atoms with E-state index in [1.807, 2.05) is 0 Å². The first-order valence-corrected chi connectivity index (χ1v) is 8.99. The fraction of sp³-hybridized carbons (Fsp3) is 0.941. The Morgan fingerprint density at radius 1 is 0.750 bits per heavy atom. The minimum atomic E-state index is 0.764. The summed E-state index contributed by atoms with van der Waals surface area (Å²) in [4.78, 5) is 0. The van der Waals surface area contributed by atoms with Crippen LogP contribution in [-0.2, 0) is 0 Å². The first-order chi connectivity index (χ1) is 9.86. The maximum absolute atomic E-state index is 3.61. The molecule has 0 aromatic rings. The quantitative estimate of drug-likeness (QED) is 0.470. The van der Waals surface area contributed by atoms with E-state index < -0.39 is 0 Å². The van der Waals surface area contributed by atoms with Gasteiger partial charge in [0.25, 0.3) is 0 Å². The van der Waals surface area contributed by atoms with Crippen LogP contribution in [0.25, 0.3) is 0 Å². The van der Waals surface area contributed by atoms with E-state index >= 15 is 0 Å². The van der Waals surface area contributed by atoms with Crippen molar-refractivity contribution in [3.8, 4) is 0 Å². The van der Waals surface area contributed by atoms with Crippen molar-refractivity contribution in [2.75, 3.05) is 13.1 Å². The molecule has 2 aliphatic rings. The minimum Gasteiger partial charge on any atom is -0.278 e. The zero-order chi connectivity index (χ0) is 14.2. The summed E-state index contributed by atoms with van der Waals surface area (Å²) in [5, 5.41) is 7.22. The molecule has 2 rings (SSSR count). The number of nitrogens with zero attached hydrogens (tertiary/aromatic N) is 1. The van der Waals surface area contributed by atoms with Gasteiger partial charge in [-0.3, -0.25) is 15.2 Å². The summed E-state index contributed by atoms with van der Waals surface area (Å²) in [6.45, 7) is 6.44. The van der Waals surface area contributed by atoms with Gasteiger partial charge in [0, 0.05) is 0 Å². The van der Waals surface area contributed by atoms with Crippen LogP contribution >= 0.6 is 0 Å². The van der Waals surface area contributed by atoms with Gasteiger partial charge >= 0.3 is 5.96 Å². The van der Waals surface area contributed by atoms with Gasteiger partial charge in [0.2, 0.25) is 0 Å². The number of hydrogen-bond donors (Lipinski definition) is 2. The first kappa shape index (κ1) is 15.7. The van der Waals surface area contributed by atoms with Crippen LogP contribution in [0.5, 0.6) is 0 Å². The van der Waals surface area contributed by atoms with Crippen LogP contribution in [0.2, 0.25) is 0 Å². The lowest BCUT2D eigenvalue weighted by Gasteiger charge is -2.33. The highest BCUT2D eigenvalue weighted by molar-refractivity contribution is 5.74. The molecule has 0 amide bonds. The summed E-state index contributed by atoms with van der Waals surface area (Å²) < 4.78 is 2.76. The van der Waals surface area contributed by atoms with Gasteiger partial charge in [-0.15, -0.1) is 0 Å². The second-order valence-corrected chi connectivity index (χ2v) is 6.40. The highest BCUT2D eigenvalue weighted by atomic mass is 15.3. The van der Waals surface area contributed by atoms with Crippen molar-refractivity contribution >= 4 is 5.96 Å². The Morgan fingerprint density at radius 3 is 1.50 bits per heavy atom. The van der Waals surface area contributed by atoms with Crippen molar-refractivity contribution in [3.05, 3.63) is 0 Å². The molecule has 0 saturated heterocycles. The van der Waals surface area contributed by atoms with Crippen molar-refractivity contribution in [1.82, 2.24) is 10.6 Å². The molecular weight excluding hydrogens is 246 g/mol. The number of guanidine groups is 1. The lowest BCUT2D eigenvalue weighted by molar-refractivity contribution is -0.611. The van der Waals surface area contributed by atoms with Gasteiger partial charge in [0.05, 0.1) is 25.2 Å². The fourth-order valence-corrected chi connectivity index (χ4v) is 3.96. The van der Waals surface area contributed by atoms with Crippen molar-refractivity contribution < 1.29 is 4.58 Å². The maximum Gasteiger partial charge on any atom is 0.346 e. The van der Waals surface area contributed by atoms with E-state index in [0.717, 1.165) is 25.2 Å². The number of rotatable bonds is 4. The van der Waals surface area contributed by atoms with E-state index in [1.165, 1.54) is 70.2 Å². The normalized spacial score (nSPS) is 21.5. The molecule has 2 fully saturated rings. The summed E-state index contributed by atoms with van der Waals surface area (Å²) in [5.74, 6) is 1.31. The Labute approximate surface area is 125 Å². The Hall–Kier alpha value is -0.730. The van der Waals surface area contributed by atoms with E-state index in [2.05, 4.69) is 29.1 Å². The lowest BCUT2D eigenvalue weighted by Crippen LogP contribution is -2.52. The van der Waals surface area contributed by atoms with Gasteiger partial charge in [0.15, 0.2) is 0 Å². The summed E-state index contributed by atoms with van der Waals surface area (Å²) in [6.07, 6.45) is 14.1. The van der Waals surface area contributed by atoms with Gasteiger partial charge in [-0.05, 0) is 39.5 Å². The zero-order valence-electron chi connectivity index (χ0n) is 13.6. The molecule has 0 heterocycles. The van der Waals surface area contributed by atoms with Crippen LogP contribution in [0, 0.1) is 0 Å². The molecule has 2 N–H and O–H groups in total.